The molecule has 0 saturated heterocycles. The lowest BCUT2D eigenvalue weighted by atomic mass is 10.1. The van der Waals surface area contributed by atoms with Crippen molar-refractivity contribution in [1.29, 1.82) is 0 Å². The molecule has 86 valence electrons. The summed E-state index contributed by atoms with van der Waals surface area (Å²) in [6.07, 6.45) is 0. The van der Waals surface area contributed by atoms with Crippen LogP contribution >= 0.6 is 0 Å². The second-order valence-corrected chi connectivity index (χ2v) is 3.22. The smallest absolute Gasteiger partial charge is 0.217 e. The van der Waals surface area contributed by atoms with Crippen LogP contribution in [0.3, 0.4) is 0 Å². The lowest BCUT2D eigenvalue weighted by molar-refractivity contribution is -0.255. The van der Waals surface area contributed by atoms with Crippen molar-refractivity contribution in [1.82, 2.24) is 15.4 Å². The first-order valence-corrected chi connectivity index (χ1v) is 4.62. The number of rotatable bonds is 3. The number of benzene rings is 1. The third kappa shape index (κ3) is 1.85. The van der Waals surface area contributed by atoms with Crippen LogP contribution < -0.4 is 10.8 Å². The minimum Gasteiger partial charge on any atom is -0.543 e. The Morgan fingerprint density at radius 1 is 1.18 bits per heavy atom. The molecule has 0 unspecified atom stereocenters. The predicted octanol–water partition coefficient (Wildman–Crippen LogP) is -1.02. The van der Waals surface area contributed by atoms with Gasteiger partial charge in [0.2, 0.25) is 5.78 Å². The first-order valence-electron chi connectivity index (χ1n) is 4.62. The highest BCUT2D eigenvalue weighted by molar-refractivity contribution is 6.14. The lowest BCUT2D eigenvalue weighted by Gasteiger charge is -2.03. The summed E-state index contributed by atoms with van der Waals surface area (Å²) < 4.78 is 0. The first kappa shape index (κ1) is 10.8. The number of H-pyrrole nitrogens is 1. The van der Waals surface area contributed by atoms with Gasteiger partial charge in [-0.2, -0.15) is 15.4 Å². The van der Waals surface area contributed by atoms with Crippen molar-refractivity contribution in [2.24, 2.45) is 0 Å². The number of carbonyl (C=O) groups excluding carboxylic acids is 2. The highest BCUT2D eigenvalue weighted by atomic mass is 16.4. The Bertz CT molecular complexity index is 591. The predicted molar refractivity (Wildman–Crippen MR) is 55.0 cm³/mol. The van der Waals surface area contributed by atoms with Gasteiger partial charge < -0.3 is 15.6 Å². The van der Waals surface area contributed by atoms with Gasteiger partial charge in [0.1, 0.15) is 5.69 Å². The maximum Gasteiger partial charge on any atom is 0.217 e. The number of nitrogens with zero attached hydrogens (tertiary/aromatic N) is 2. The molecule has 1 aromatic carbocycles. The summed E-state index contributed by atoms with van der Waals surface area (Å²) in [6, 6.07) is 6.29. The zero-order valence-electron chi connectivity index (χ0n) is 8.51. The number of aromatic carboxylic acids is 1. The average Bonchev–Trinajstić information content (AvgIpc) is 2.77. The first-order chi connectivity index (χ1) is 8.11. The Morgan fingerprint density at radius 3 is 2.47 bits per heavy atom. The van der Waals surface area contributed by atoms with Crippen molar-refractivity contribution in [3.63, 3.8) is 0 Å². The van der Waals surface area contributed by atoms with Crippen LogP contribution in [0, 0.1) is 0 Å². The van der Waals surface area contributed by atoms with Gasteiger partial charge in [-0.05, 0) is 12.1 Å². The second kappa shape index (κ2) is 4.05. The van der Waals surface area contributed by atoms with Gasteiger partial charge in [-0.25, -0.2) is 0 Å². The van der Waals surface area contributed by atoms with E-state index < -0.39 is 17.4 Å². The molecule has 0 atom stereocenters. The van der Waals surface area contributed by atoms with Gasteiger partial charge in [0.15, 0.2) is 5.69 Å². The van der Waals surface area contributed by atoms with E-state index in [1.165, 1.54) is 12.1 Å². The van der Waals surface area contributed by atoms with Gasteiger partial charge >= 0.3 is 0 Å². The van der Waals surface area contributed by atoms with Crippen LogP contribution in [0.15, 0.2) is 24.3 Å². The quantitative estimate of drug-likeness (QED) is 0.514. The number of hydrogen-bond acceptors (Lipinski definition) is 6. The molecule has 0 fully saturated rings. The number of hydrogen-bond donors (Lipinski definition) is 2. The van der Waals surface area contributed by atoms with E-state index in [2.05, 4.69) is 15.4 Å². The molecular weight excluding hydrogens is 224 g/mol. The minimum absolute atomic E-state index is 0.170. The van der Waals surface area contributed by atoms with E-state index in [1.807, 2.05) is 0 Å². The lowest BCUT2D eigenvalue weighted by Crippen LogP contribution is -2.25. The van der Waals surface area contributed by atoms with Crippen molar-refractivity contribution in [2.45, 2.75) is 0 Å². The Balaban J connectivity index is 2.48. The van der Waals surface area contributed by atoms with E-state index in [1.54, 1.807) is 12.1 Å². The maximum atomic E-state index is 12.0. The van der Waals surface area contributed by atoms with Crippen LogP contribution in [0.4, 0.5) is 5.69 Å². The third-order valence-electron chi connectivity index (χ3n) is 2.16. The van der Waals surface area contributed by atoms with Gasteiger partial charge in [0.05, 0.1) is 5.97 Å². The zero-order chi connectivity index (χ0) is 12.4. The second-order valence-electron chi connectivity index (χ2n) is 3.22. The van der Waals surface area contributed by atoms with Crippen molar-refractivity contribution < 1.29 is 14.7 Å². The highest BCUT2D eigenvalue weighted by Crippen LogP contribution is 2.16. The zero-order valence-corrected chi connectivity index (χ0v) is 8.51. The molecule has 0 aliphatic heterocycles. The fraction of sp³-hybridized carbons (Fsp3) is 0. The molecule has 0 aliphatic rings. The fourth-order valence-electron chi connectivity index (χ4n) is 1.36. The highest BCUT2D eigenvalue weighted by Gasteiger charge is 2.20. The summed E-state index contributed by atoms with van der Waals surface area (Å²) in [5.41, 5.74) is 5.18. The summed E-state index contributed by atoms with van der Waals surface area (Å²) >= 11 is 0. The molecule has 1 heterocycles. The summed E-state index contributed by atoms with van der Waals surface area (Å²) in [5.74, 6) is -2.19. The van der Waals surface area contributed by atoms with E-state index >= 15 is 0 Å². The standard InChI is InChI=1S/C10H8N4O3/c11-6-4-2-1-3-5(6)9(15)7-8(10(16)17)13-14-12-7/h1-4H,11H2,(H,16,17)(H,12,13,14)/p-1. The molecule has 7 heteroatoms. The van der Waals surface area contributed by atoms with Gasteiger partial charge in [-0.1, -0.05) is 12.1 Å². The number of aromatic amines is 1. The summed E-state index contributed by atoms with van der Waals surface area (Å²) in [5, 5.41) is 19.6. The van der Waals surface area contributed by atoms with Crippen LogP contribution in [0.1, 0.15) is 26.5 Å². The average molecular weight is 231 g/mol. The number of carboxylic acids is 1. The Hall–Kier alpha value is -2.70. The maximum absolute atomic E-state index is 12.0. The molecule has 0 bridgehead atoms. The van der Waals surface area contributed by atoms with E-state index in [4.69, 9.17) is 5.73 Å². The molecule has 0 saturated carbocycles. The Kier molecular flexibility index (Phi) is 2.57. The van der Waals surface area contributed by atoms with Gasteiger partial charge in [-0.3, -0.25) is 4.79 Å². The van der Waals surface area contributed by atoms with Crippen LogP contribution in [-0.2, 0) is 0 Å². The third-order valence-corrected chi connectivity index (χ3v) is 2.16. The molecule has 2 aromatic rings. The minimum atomic E-state index is -1.57. The Morgan fingerprint density at radius 2 is 1.82 bits per heavy atom. The van der Waals surface area contributed by atoms with E-state index in [0.717, 1.165) is 0 Å². The van der Waals surface area contributed by atoms with Crippen LogP contribution in [-0.4, -0.2) is 27.2 Å². The van der Waals surface area contributed by atoms with Crippen LogP contribution in [0.2, 0.25) is 0 Å². The van der Waals surface area contributed by atoms with Gasteiger partial charge in [0, 0.05) is 11.3 Å². The topological polar surface area (TPSA) is 125 Å². The molecule has 0 spiro atoms. The van der Waals surface area contributed by atoms with Gasteiger partial charge in [-0.15, -0.1) is 0 Å². The molecule has 2 rings (SSSR count). The normalized spacial score (nSPS) is 10.1. The molecule has 0 aliphatic carbocycles. The van der Waals surface area contributed by atoms with E-state index in [9.17, 15) is 14.7 Å². The number of aromatic nitrogens is 3. The molecule has 1 aromatic heterocycles. The molecule has 0 amide bonds. The van der Waals surface area contributed by atoms with Crippen molar-refractivity contribution in [3.8, 4) is 0 Å². The number of para-hydroxylation sites is 1. The molecule has 0 radical (unpaired) electrons. The number of anilines is 1. The number of nitrogens with two attached hydrogens (primary N) is 1. The number of carbonyl (C=O) groups is 2. The number of nitrogen functional groups attached to an aromatic ring is 1. The number of carboxylic acid groups (broad SMARTS) is 1. The van der Waals surface area contributed by atoms with Gasteiger partial charge in [0.25, 0.3) is 0 Å². The summed E-state index contributed by atoms with van der Waals surface area (Å²) in [4.78, 5) is 22.6. The number of ketones is 1. The summed E-state index contributed by atoms with van der Waals surface area (Å²) in [7, 11) is 0. The van der Waals surface area contributed by atoms with E-state index in [-0.39, 0.29) is 16.9 Å². The molecule has 7 nitrogen and oxygen atoms in total. The molecular formula is C10H7N4O3-. The number of nitrogens with one attached hydrogen (secondary N) is 1. The fourth-order valence-corrected chi connectivity index (χ4v) is 1.36. The van der Waals surface area contributed by atoms with Crippen molar-refractivity contribution >= 4 is 17.4 Å². The Labute approximate surface area is 95.3 Å². The van der Waals surface area contributed by atoms with Crippen molar-refractivity contribution in [2.75, 3.05) is 5.73 Å². The largest absolute Gasteiger partial charge is 0.543 e. The molecule has 17 heavy (non-hydrogen) atoms. The van der Waals surface area contributed by atoms with Crippen molar-refractivity contribution in [3.05, 3.63) is 41.2 Å². The SMILES string of the molecule is Nc1ccccc1C(=O)c1n[nH]nc1C(=O)[O-]. The molecule has 3 N–H and O–H groups in total. The van der Waals surface area contributed by atoms with Crippen LogP contribution in [0.25, 0.3) is 0 Å². The van der Waals surface area contributed by atoms with E-state index in [0.29, 0.717) is 0 Å². The summed E-state index contributed by atoms with van der Waals surface area (Å²) in [6.45, 7) is 0. The van der Waals surface area contributed by atoms with Crippen LogP contribution in [0.5, 0.6) is 0 Å². The monoisotopic (exact) mass is 231 g/mol.